The van der Waals surface area contributed by atoms with Crippen LogP contribution < -0.4 is 0 Å². The van der Waals surface area contributed by atoms with Crippen LogP contribution in [0, 0.1) is 6.92 Å². The molecule has 1 heterocycles. The molecule has 0 saturated heterocycles. The van der Waals surface area contributed by atoms with E-state index in [2.05, 4.69) is 4.98 Å². The molecule has 3 heteroatoms. The molecule has 0 fully saturated rings. The van der Waals surface area contributed by atoms with Gasteiger partial charge in [0.25, 0.3) is 0 Å². The molecule has 0 radical (unpaired) electrons. The van der Waals surface area contributed by atoms with Gasteiger partial charge in [-0.25, -0.2) is 4.79 Å². The highest BCUT2D eigenvalue weighted by Gasteiger charge is 2.09. The van der Waals surface area contributed by atoms with Crippen molar-refractivity contribution >= 4 is 5.97 Å². The summed E-state index contributed by atoms with van der Waals surface area (Å²) in [7, 11) is 0. The lowest BCUT2D eigenvalue weighted by Crippen LogP contribution is -2.06. The van der Waals surface area contributed by atoms with Crippen LogP contribution in [-0.4, -0.2) is 11.0 Å². The Bertz CT molecular complexity index is 509. The van der Waals surface area contributed by atoms with Crippen molar-refractivity contribution in [3.05, 3.63) is 65.5 Å². The summed E-state index contributed by atoms with van der Waals surface area (Å²) >= 11 is 0. The summed E-state index contributed by atoms with van der Waals surface area (Å²) in [6.07, 6.45) is 3.37. The lowest BCUT2D eigenvalue weighted by Gasteiger charge is -2.06. The van der Waals surface area contributed by atoms with E-state index in [1.807, 2.05) is 37.3 Å². The van der Waals surface area contributed by atoms with E-state index in [9.17, 15) is 4.79 Å². The Kier molecular flexibility index (Phi) is 3.50. The number of carbonyl (C=O) groups excluding carboxylic acids is 1. The maximum Gasteiger partial charge on any atom is 0.338 e. The van der Waals surface area contributed by atoms with Crippen molar-refractivity contribution in [1.29, 1.82) is 0 Å². The number of hydrogen-bond donors (Lipinski definition) is 0. The van der Waals surface area contributed by atoms with E-state index in [1.165, 1.54) is 0 Å². The Balaban J connectivity index is 2.01. The Morgan fingerprint density at radius 3 is 2.76 bits per heavy atom. The van der Waals surface area contributed by atoms with Crippen molar-refractivity contribution in [3.8, 4) is 0 Å². The first kappa shape index (κ1) is 11.3. The second kappa shape index (κ2) is 5.25. The van der Waals surface area contributed by atoms with E-state index in [-0.39, 0.29) is 12.6 Å². The van der Waals surface area contributed by atoms with Gasteiger partial charge in [-0.05, 0) is 24.6 Å². The van der Waals surface area contributed by atoms with Crippen molar-refractivity contribution in [2.45, 2.75) is 13.5 Å². The van der Waals surface area contributed by atoms with Gasteiger partial charge < -0.3 is 4.74 Å². The van der Waals surface area contributed by atoms with Gasteiger partial charge in [0.2, 0.25) is 0 Å². The minimum atomic E-state index is -0.299. The molecule has 0 atom stereocenters. The summed E-state index contributed by atoms with van der Waals surface area (Å²) in [6, 6.07) is 11.1. The van der Waals surface area contributed by atoms with Gasteiger partial charge in [-0.2, -0.15) is 0 Å². The average Bonchev–Trinajstić information content (AvgIpc) is 2.38. The minimum absolute atomic E-state index is 0.251. The first-order valence-corrected chi connectivity index (χ1v) is 5.39. The SMILES string of the molecule is Cc1ccccc1C(=O)OCc1cccnc1. The molecule has 17 heavy (non-hydrogen) atoms. The average molecular weight is 227 g/mol. The van der Waals surface area contributed by atoms with Crippen LogP contribution in [0.25, 0.3) is 0 Å². The van der Waals surface area contributed by atoms with Crippen LogP contribution in [0.5, 0.6) is 0 Å². The molecule has 0 N–H and O–H groups in total. The fraction of sp³-hybridized carbons (Fsp3) is 0.143. The van der Waals surface area contributed by atoms with Crippen LogP contribution in [0.4, 0.5) is 0 Å². The maximum atomic E-state index is 11.8. The Morgan fingerprint density at radius 1 is 1.24 bits per heavy atom. The number of nitrogens with zero attached hydrogens (tertiary/aromatic N) is 1. The maximum absolute atomic E-state index is 11.8. The predicted octanol–water partition coefficient (Wildman–Crippen LogP) is 2.75. The van der Waals surface area contributed by atoms with Crippen LogP contribution in [0.2, 0.25) is 0 Å². The number of carbonyl (C=O) groups is 1. The number of benzene rings is 1. The predicted molar refractivity (Wildman–Crippen MR) is 64.5 cm³/mol. The van der Waals surface area contributed by atoms with Crippen LogP contribution in [-0.2, 0) is 11.3 Å². The van der Waals surface area contributed by atoms with Gasteiger partial charge >= 0.3 is 5.97 Å². The van der Waals surface area contributed by atoms with Gasteiger partial charge in [-0.3, -0.25) is 4.98 Å². The number of esters is 1. The zero-order chi connectivity index (χ0) is 12.1. The van der Waals surface area contributed by atoms with Gasteiger partial charge in [0.1, 0.15) is 6.61 Å². The molecule has 3 nitrogen and oxygen atoms in total. The van der Waals surface area contributed by atoms with Crippen molar-refractivity contribution in [2.75, 3.05) is 0 Å². The first-order chi connectivity index (χ1) is 8.27. The summed E-state index contributed by atoms with van der Waals surface area (Å²) in [6.45, 7) is 2.14. The molecule has 0 aliphatic carbocycles. The fourth-order valence-corrected chi connectivity index (χ4v) is 1.51. The van der Waals surface area contributed by atoms with E-state index in [0.717, 1.165) is 11.1 Å². The number of aromatic nitrogens is 1. The lowest BCUT2D eigenvalue weighted by atomic mass is 10.1. The third-order valence-electron chi connectivity index (χ3n) is 2.46. The Hall–Kier alpha value is -2.16. The van der Waals surface area contributed by atoms with E-state index in [4.69, 9.17) is 4.74 Å². The second-order valence-corrected chi connectivity index (χ2v) is 3.75. The van der Waals surface area contributed by atoms with Gasteiger partial charge in [-0.15, -0.1) is 0 Å². The first-order valence-electron chi connectivity index (χ1n) is 5.39. The van der Waals surface area contributed by atoms with E-state index in [0.29, 0.717) is 5.56 Å². The Morgan fingerprint density at radius 2 is 2.06 bits per heavy atom. The molecule has 86 valence electrons. The molecule has 0 bridgehead atoms. The third-order valence-corrected chi connectivity index (χ3v) is 2.46. The third kappa shape index (κ3) is 2.91. The van der Waals surface area contributed by atoms with Crippen molar-refractivity contribution in [2.24, 2.45) is 0 Å². The summed E-state index contributed by atoms with van der Waals surface area (Å²) in [5, 5.41) is 0. The molecule has 2 rings (SSSR count). The topological polar surface area (TPSA) is 39.2 Å². The molecule has 0 amide bonds. The van der Waals surface area contributed by atoms with Gasteiger partial charge in [0, 0.05) is 18.0 Å². The summed E-state index contributed by atoms with van der Waals surface area (Å²) in [5.74, 6) is -0.299. The standard InChI is InChI=1S/C14H13NO2/c1-11-5-2-3-7-13(11)14(16)17-10-12-6-4-8-15-9-12/h2-9H,10H2,1H3. The zero-order valence-corrected chi connectivity index (χ0v) is 9.59. The number of aryl methyl sites for hydroxylation is 1. The highest BCUT2D eigenvalue weighted by molar-refractivity contribution is 5.90. The molecule has 2 aromatic rings. The van der Waals surface area contributed by atoms with Crippen molar-refractivity contribution in [3.63, 3.8) is 0 Å². The van der Waals surface area contributed by atoms with Crippen LogP contribution in [0.15, 0.2) is 48.8 Å². The molecular weight excluding hydrogens is 214 g/mol. The number of ether oxygens (including phenoxy) is 1. The van der Waals surface area contributed by atoms with Crippen molar-refractivity contribution < 1.29 is 9.53 Å². The van der Waals surface area contributed by atoms with Crippen LogP contribution in [0.3, 0.4) is 0 Å². The highest BCUT2D eigenvalue weighted by Crippen LogP contribution is 2.10. The molecule has 0 saturated carbocycles. The number of hydrogen-bond acceptors (Lipinski definition) is 3. The van der Waals surface area contributed by atoms with E-state index < -0.39 is 0 Å². The summed E-state index contributed by atoms with van der Waals surface area (Å²) in [5.41, 5.74) is 2.41. The van der Waals surface area contributed by atoms with Crippen molar-refractivity contribution in [1.82, 2.24) is 4.98 Å². The van der Waals surface area contributed by atoms with Gasteiger partial charge in [0.05, 0.1) is 5.56 Å². The normalized spacial score (nSPS) is 9.94. The lowest BCUT2D eigenvalue weighted by molar-refractivity contribution is 0.0471. The number of rotatable bonds is 3. The quantitative estimate of drug-likeness (QED) is 0.757. The second-order valence-electron chi connectivity index (χ2n) is 3.75. The molecule has 0 aliphatic heterocycles. The molecule has 0 spiro atoms. The highest BCUT2D eigenvalue weighted by atomic mass is 16.5. The molecule has 0 unspecified atom stereocenters. The monoisotopic (exact) mass is 227 g/mol. The number of pyridine rings is 1. The van der Waals surface area contributed by atoms with Crippen LogP contribution in [0.1, 0.15) is 21.5 Å². The van der Waals surface area contributed by atoms with Crippen LogP contribution >= 0.6 is 0 Å². The van der Waals surface area contributed by atoms with E-state index >= 15 is 0 Å². The van der Waals surface area contributed by atoms with E-state index in [1.54, 1.807) is 18.5 Å². The summed E-state index contributed by atoms with van der Waals surface area (Å²) < 4.78 is 5.22. The fourth-order valence-electron chi connectivity index (χ4n) is 1.51. The minimum Gasteiger partial charge on any atom is -0.457 e. The zero-order valence-electron chi connectivity index (χ0n) is 9.59. The Labute approximate surface area is 100 Å². The molecule has 1 aromatic carbocycles. The summed E-state index contributed by atoms with van der Waals surface area (Å²) in [4.78, 5) is 15.8. The smallest absolute Gasteiger partial charge is 0.338 e. The molecule has 1 aromatic heterocycles. The molecule has 0 aliphatic rings. The van der Waals surface area contributed by atoms with Gasteiger partial charge in [0.15, 0.2) is 0 Å². The molecular formula is C14H13NO2. The van der Waals surface area contributed by atoms with Gasteiger partial charge in [-0.1, -0.05) is 24.3 Å². The largest absolute Gasteiger partial charge is 0.457 e.